The predicted octanol–water partition coefficient (Wildman–Crippen LogP) is 3.23. The molecule has 0 aromatic carbocycles. The van der Waals surface area contributed by atoms with E-state index < -0.39 is 11.4 Å². The van der Waals surface area contributed by atoms with Gasteiger partial charge in [0.25, 0.3) is 0 Å². The van der Waals surface area contributed by atoms with E-state index >= 15 is 0 Å². The summed E-state index contributed by atoms with van der Waals surface area (Å²) in [5, 5.41) is 9.12. The molecule has 1 N–H and O–H groups in total. The molecular weight excluding hydrogens is 200 g/mol. The Labute approximate surface area is 96.7 Å². The summed E-state index contributed by atoms with van der Waals surface area (Å²) >= 11 is 0. The van der Waals surface area contributed by atoms with E-state index in [-0.39, 0.29) is 0 Å². The molecule has 0 saturated heterocycles. The molecule has 2 atom stereocenters. The molecule has 88 valence electrons. The first-order valence-electron chi connectivity index (χ1n) is 6.52. The molecule has 2 heteroatoms. The Hall–Kier alpha value is -0.790. The van der Waals surface area contributed by atoms with Crippen molar-refractivity contribution in [3.63, 3.8) is 0 Å². The van der Waals surface area contributed by atoms with Crippen LogP contribution in [0.15, 0.2) is 12.2 Å². The van der Waals surface area contributed by atoms with Crippen LogP contribution in [0.2, 0.25) is 0 Å². The Morgan fingerprint density at radius 1 is 1.25 bits per heavy atom. The van der Waals surface area contributed by atoms with Crippen LogP contribution in [0.25, 0.3) is 0 Å². The number of allylic oxidation sites excluding steroid dienone is 1. The summed E-state index contributed by atoms with van der Waals surface area (Å²) in [7, 11) is 0. The number of aliphatic carboxylic acids is 1. The molecule has 0 bridgehead atoms. The van der Waals surface area contributed by atoms with Crippen molar-refractivity contribution in [3.05, 3.63) is 12.2 Å². The quantitative estimate of drug-likeness (QED) is 0.741. The van der Waals surface area contributed by atoms with Crippen LogP contribution >= 0.6 is 0 Å². The van der Waals surface area contributed by atoms with Gasteiger partial charge >= 0.3 is 5.97 Å². The van der Waals surface area contributed by atoms with Crippen molar-refractivity contribution in [3.8, 4) is 0 Å². The van der Waals surface area contributed by atoms with Gasteiger partial charge in [0.2, 0.25) is 0 Å². The molecule has 3 rings (SSSR count). The summed E-state index contributed by atoms with van der Waals surface area (Å²) in [5.74, 6) is 0.890. The summed E-state index contributed by atoms with van der Waals surface area (Å²) in [6, 6.07) is 0. The largest absolute Gasteiger partial charge is 0.481 e. The summed E-state index contributed by atoms with van der Waals surface area (Å²) in [4.78, 5) is 11.1. The van der Waals surface area contributed by atoms with Crippen molar-refractivity contribution >= 4 is 5.97 Å². The van der Waals surface area contributed by atoms with Crippen LogP contribution in [0.1, 0.15) is 45.4 Å². The smallest absolute Gasteiger partial charge is 0.313 e. The van der Waals surface area contributed by atoms with Crippen molar-refractivity contribution in [2.24, 2.45) is 22.7 Å². The van der Waals surface area contributed by atoms with Gasteiger partial charge in [0, 0.05) is 0 Å². The minimum absolute atomic E-state index is 0.470. The number of carbonyl (C=O) groups is 1. The molecule has 0 heterocycles. The zero-order valence-corrected chi connectivity index (χ0v) is 9.91. The molecule has 0 aromatic rings. The van der Waals surface area contributed by atoms with Gasteiger partial charge in [0.15, 0.2) is 0 Å². The summed E-state index contributed by atoms with van der Waals surface area (Å²) < 4.78 is 0. The molecule has 0 amide bonds. The molecule has 1 spiro atoms. The first kappa shape index (κ1) is 10.4. The number of carboxylic acid groups (broad SMARTS) is 1. The van der Waals surface area contributed by atoms with Crippen molar-refractivity contribution < 1.29 is 9.90 Å². The first-order valence-corrected chi connectivity index (χ1v) is 6.52. The van der Waals surface area contributed by atoms with E-state index in [4.69, 9.17) is 5.11 Å². The Kier molecular flexibility index (Phi) is 2.02. The molecule has 0 radical (unpaired) electrons. The average Bonchev–Trinajstić information content (AvgIpc) is 3.10. The second-order valence-corrected chi connectivity index (χ2v) is 6.14. The highest BCUT2D eigenvalue weighted by molar-refractivity contribution is 5.80. The second-order valence-electron chi connectivity index (χ2n) is 6.14. The minimum Gasteiger partial charge on any atom is -0.481 e. The van der Waals surface area contributed by atoms with E-state index in [9.17, 15) is 4.79 Å². The normalized spacial score (nSPS) is 38.1. The van der Waals surface area contributed by atoms with Gasteiger partial charge < -0.3 is 5.11 Å². The highest BCUT2D eigenvalue weighted by Crippen LogP contribution is 2.65. The van der Waals surface area contributed by atoms with Gasteiger partial charge in [0.05, 0.1) is 5.41 Å². The van der Waals surface area contributed by atoms with Crippen molar-refractivity contribution in [1.29, 1.82) is 0 Å². The molecule has 3 aliphatic carbocycles. The number of hydrogen-bond donors (Lipinski definition) is 1. The highest BCUT2D eigenvalue weighted by atomic mass is 16.4. The van der Waals surface area contributed by atoms with Crippen LogP contribution in [0.3, 0.4) is 0 Å². The van der Waals surface area contributed by atoms with Crippen LogP contribution in [0.4, 0.5) is 0 Å². The Morgan fingerprint density at radius 3 is 2.44 bits per heavy atom. The van der Waals surface area contributed by atoms with Gasteiger partial charge in [0.1, 0.15) is 0 Å². The van der Waals surface area contributed by atoms with Gasteiger partial charge in [-0.15, -0.1) is 0 Å². The van der Waals surface area contributed by atoms with E-state index in [0.29, 0.717) is 11.3 Å². The van der Waals surface area contributed by atoms with Gasteiger partial charge in [-0.2, -0.15) is 0 Å². The van der Waals surface area contributed by atoms with Gasteiger partial charge in [-0.25, -0.2) is 0 Å². The maximum atomic E-state index is 11.1. The fraction of sp³-hybridized carbons (Fsp3) is 0.786. The predicted molar refractivity (Wildman–Crippen MR) is 62.0 cm³/mol. The molecule has 0 aromatic heterocycles. The van der Waals surface area contributed by atoms with E-state index in [1.54, 1.807) is 0 Å². The zero-order valence-electron chi connectivity index (χ0n) is 9.91. The number of hydrogen-bond acceptors (Lipinski definition) is 1. The van der Waals surface area contributed by atoms with Crippen LogP contribution in [0.5, 0.6) is 0 Å². The third kappa shape index (κ3) is 1.35. The maximum absolute atomic E-state index is 11.1. The highest BCUT2D eigenvalue weighted by Gasteiger charge is 2.56. The molecular formula is C14H20O2. The van der Waals surface area contributed by atoms with Crippen LogP contribution < -0.4 is 0 Å². The zero-order chi connectivity index (χ0) is 11.4. The minimum atomic E-state index is -0.625. The Balaban J connectivity index is 1.72. The van der Waals surface area contributed by atoms with Crippen molar-refractivity contribution in [2.75, 3.05) is 0 Å². The van der Waals surface area contributed by atoms with Crippen molar-refractivity contribution in [1.82, 2.24) is 0 Å². The maximum Gasteiger partial charge on any atom is 0.313 e. The molecule has 0 aliphatic heterocycles. The lowest BCUT2D eigenvalue weighted by Gasteiger charge is -2.19. The van der Waals surface area contributed by atoms with Gasteiger partial charge in [-0.3, -0.25) is 4.79 Å². The molecule has 2 nitrogen and oxygen atoms in total. The van der Waals surface area contributed by atoms with Gasteiger partial charge in [-0.1, -0.05) is 19.1 Å². The van der Waals surface area contributed by atoms with Crippen LogP contribution in [0, 0.1) is 22.7 Å². The average molecular weight is 220 g/mol. The van der Waals surface area contributed by atoms with E-state index in [0.717, 1.165) is 18.8 Å². The van der Waals surface area contributed by atoms with Crippen LogP contribution in [-0.4, -0.2) is 11.1 Å². The fourth-order valence-corrected chi connectivity index (χ4v) is 3.55. The summed E-state index contributed by atoms with van der Waals surface area (Å²) in [5.41, 5.74) is 0.104. The third-order valence-electron chi connectivity index (χ3n) is 5.32. The van der Waals surface area contributed by atoms with E-state index in [2.05, 4.69) is 13.0 Å². The van der Waals surface area contributed by atoms with E-state index in [1.807, 2.05) is 6.08 Å². The van der Waals surface area contributed by atoms with E-state index in [1.165, 1.54) is 25.7 Å². The SMILES string of the molecule is CC1CCC(C=CC2(C(=O)O)CC2)C12CC2. The number of carboxylic acids is 1. The lowest BCUT2D eigenvalue weighted by molar-refractivity contribution is -0.141. The summed E-state index contributed by atoms with van der Waals surface area (Å²) in [6.45, 7) is 2.37. The molecule has 3 fully saturated rings. The standard InChI is InChI=1S/C14H20O2/c1-10-2-3-11(14(10)8-9-14)4-5-13(6-7-13)12(15)16/h4-5,10-11H,2-3,6-9H2,1H3,(H,15,16). The monoisotopic (exact) mass is 220 g/mol. The topological polar surface area (TPSA) is 37.3 Å². The molecule has 16 heavy (non-hydrogen) atoms. The number of rotatable bonds is 3. The molecule has 2 unspecified atom stereocenters. The fourth-order valence-electron chi connectivity index (χ4n) is 3.55. The first-order chi connectivity index (χ1) is 7.59. The Morgan fingerprint density at radius 2 is 1.94 bits per heavy atom. The summed E-state index contributed by atoms with van der Waals surface area (Å²) in [6.07, 6.45) is 11.3. The lowest BCUT2D eigenvalue weighted by Crippen LogP contribution is -2.15. The molecule has 3 aliphatic rings. The van der Waals surface area contributed by atoms with Gasteiger partial charge in [-0.05, 0) is 55.8 Å². The lowest BCUT2D eigenvalue weighted by atomic mass is 9.86. The van der Waals surface area contributed by atoms with Crippen LogP contribution in [-0.2, 0) is 4.79 Å². The van der Waals surface area contributed by atoms with Crippen molar-refractivity contribution in [2.45, 2.75) is 45.4 Å². The third-order valence-corrected chi connectivity index (χ3v) is 5.32. The second kappa shape index (κ2) is 3.12. The Bertz CT molecular complexity index is 348. The molecule has 3 saturated carbocycles.